The highest BCUT2D eigenvalue weighted by Crippen LogP contribution is 2.26. The highest BCUT2D eigenvalue weighted by Gasteiger charge is 2.04. The Balaban J connectivity index is 1.89. The molecule has 0 unspecified atom stereocenters. The minimum absolute atomic E-state index is 0.163. The van der Waals surface area contributed by atoms with Crippen LogP contribution in [0.5, 0.6) is 11.5 Å². The Kier molecular flexibility index (Phi) is 7.60. The Morgan fingerprint density at radius 3 is 2.64 bits per heavy atom. The van der Waals surface area contributed by atoms with Crippen LogP contribution in [0.15, 0.2) is 35.3 Å². The molecular formula is C19H27N3O2S. The van der Waals surface area contributed by atoms with Gasteiger partial charge in [0, 0.05) is 22.8 Å². The quantitative estimate of drug-likeness (QED) is 0.498. The number of benzene rings is 1. The van der Waals surface area contributed by atoms with E-state index in [1.54, 1.807) is 13.2 Å². The number of phenolic OH excluding ortho intramolecular Hbond substituents is 1. The maximum absolute atomic E-state index is 9.65. The van der Waals surface area contributed by atoms with Crippen LogP contribution in [0.4, 0.5) is 0 Å². The smallest absolute Gasteiger partial charge is 0.191 e. The normalized spacial score (nSPS) is 11.4. The van der Waals surface area contributed by atoms with Crippen LogP contribution in [0.25, 0.3) is 0 Å². The van der Waals surface area contributed by atoms with Crippen molar-refractivity contribution in [1.29, 1.82) is 0 Å². The number of nitrogens with one attached hydrogen (secondary N) is 2. The van der Waals surface area contributed by atoms with Gasteiger partial charge in [-0.15, -0.1) is 11.3 Å². The predicted molar refractivity (Wildman–Crippen MR) is 105 cm³/mol. The summed E-state index contributed by atoms with van der Waals surface area (Å²) in [4.78, 5) is 7.32. The highest BCUT2D eigenvalue weighted by molar-refractivity contribution is 7.11. The highest BCUT2D eigenvalue weighted by atomic mass is 32.1. The molecule has 0 fully saturated rings. The van der Waals surface area contributed by atoms with Gasteiger partial charge in [0.25, 0.3) is 0 Å². The number of methoxy groups -OCH3 is 1. The van der Waals surface area contributed by atoms with Crippen molar-refractivity contribution in [2.75, 3.05) is 20.2 Å². The van der Waals surface area contributed by atoms with E-state index in [1.165, 1.54) is 9.75 Å². The number of phenols is 1. The van der Waals surface area contributed by atoms with Gasteiger partial charge < -0.3 is 20.5 Å². The Morgan fingerprint density at radius 2 is 1.96 bits per heavy atom. The van der Waals surface area contributed by atoms with Crippen LogP contribution in [0.3, 0.4) is 0 Å². The van der Waals surface area contributed by atoms with Crippen LogP contribution >= 0.6 is 11.3 Å². The molecule has 136 valence electrons. The van der Waals surface area contributed by atoms with Crippen LogP contribution in [0.2, 0.25) is 0 Å². The third-order valence-electron chi connectivity index (χ3n) is 3.75. The molecule has 0 amide bonds. The molecule has 1 heterocycles. The second-order valence-corrected chi connectivity index (χ2v) is 6.85. The fourth-order valence-electron chi connectivity index (χ4n) is 2.40. The van der Waals surface area contributed by atoms with Crippen molar-refractivity contribution in [2.45, 2.75) is 33.2 Å². The summed E-state index contributed by atoms with van der Waals surface area (Å²) in [5, 5.41) is 16.3. The van der Waals surface area contributed by atoms with Crippen LogP contribution < -0.4 is 15.4 Å². The third kappa shape index (κ3) is 5.98. The van der Waals surface area contributed by atoms with Crippen molar-refractivity contribution in [3.8, 4) is 11.5 Å². The second-order valence-electron chi connectivity index (χ2n) is 5.60. The van der Waals surface area contributed by atoms with Gasteiger partial charge >= 0.3 is 0 Å². The molecule has 0 atom stereocenters. The first kappa shape index (κ1) is 19.1. The molecule has 2 aromatic rings. The van der Waals surface area contributed by atoms with Crippen molar-refractivity contribution in [3.63, 3.8) is 0 Å². The zero-order valence-corrected chi connectivity index (χ0v) is 15.9. The maximum atomic E-state index is 9.65. The third-order valence-corrected chi connectivity index (χ3v) is 4.97. The number of hydrogen-bond acceptors (Lipinski definition) is 4. The average Bonchev–Trinajstić information content (AvgIpc) is 3.09. The fourth-order valence-corrected chi connectivity index (χ4v) is 3.28. The van der Waals surface area contributed by atoms with E-state index in [1.807, 2.05) is 23.5 Å². The van der Waals surface area contributed by atoms with Crippen molar-refractivity contribution in [1.82, 2.24) is 10.6 Å². The minimum Gasteiger partial charge on any atom is -0.504 e. The first-order valence-electron chi connectivity index (χ1n) is 8.61. The number of nitrogens with zero attached hydrogens (tertiary/aromatic N) is 1. The Bertz CT molecular complexity index is 698. The fraction of sp³-hybridized carbons (Fsp3) is 0.421. The molecule has 6 heteroatoms. The van der Waals surface area contributed by atoms with Crippen molar-refractivity contribution < 1.29 is 9.84 Å². The van der Waals surface area contributed by atoms with Gasteiger partial charge in [0.05, 0.1) is 13.7 Å². The number of ether oxygens (including phenoxy) is 1. The summed E-state index contributed by atoms with van der Waals surface area (Å²) in [6.07, 6.45) is 1.89. The van der Waals surface area contributed by atoms with E-state index in [4.69, 9.17) is 4.74 Å². The lowest BCUT2D eigenvalue weighted by Gasteiger charge is -2.12. The van der Waals surface area contributed by atoms with Crippen molar-refractivity contribution in [3.05, 3.63) is 45.6 Å². The number of thiophene rings is 1. The molecular weight excluding hydrogens is 334 g/mol. The summed E-state index contributed by atoms with van der Waals surface area (Å²) < 4.78 is 5.15. The monoisotopic (exact) mass is 361 g/mol. The van der Waals surface area contributed by atoms with Crippen molar-refractivity contribution >= 4 is 17.3 Å². The van der Waals surface area contributed by atoms with Gasteiger partial charge in [-0.1, -0.05) is 13.0 Å². The average molecular weight is 362 g/mol. The lowest BCUT2D eigenvalue weighted by atomic mass is 10.1. The first-order valence-corrected chi connectivity index (χ1v) is 9.43. The lowest BCUT2D eigenvalue weighted by Crippen LogP contribution is -2.38. The number of aromatic hydroxyl groups is 1. The number of guanidine groups is 1. The standard InChI is InChI=1S/C19H27N3O2S/c1-4-15-7-8-16(25-15)13-22-19(20-5-2)21-11-10-14-6-9-17(23)18(12-14)24-3/h6-9,12,23H,4-5,10-11,13H2,1-3H3,(H2,20,21,22). The zero-order chi connectivity index (χ0) is 18.1. The van der Waals surface area contributed by atoms with E-state index in [0.717, 1.165) is 37.5 Å². The molecule has 1 aromatic carbocycles. The molecule has 3 N–H and O–H groups in total. The topological polar surface area (TPSA) is 65.9 Å². The molecule has 25 heavy (non-hydrogen) atoms. The van der Waals surface area contributed by atoms with Gasteiger partial charge in [0.2, 0.25) is 0 Å². The van der Waals surface area contributed by atoms with Gasteiger partial charge in [-0.3, -0.25) is 0 Å². The van der Waals surface area contributed by atoms with Gasteiger partial charge in [-0.05, 0) is 49.6 Å². The van der Waals surface area contributed by atoms with E-state index in [-0.39, 0.29) is 5.75 Å². The molecule has 0 radical (unpaired) electrons. The molecule has 0 aliphatic heterocycles. The van der Waals surface area contributed by atoms with Gasteiger partial charge in [0.1, 0.15) is 0 Å². The van der Waals surface area contributed by atoms with E-state index in [0.29, 0.717) is 12.3 Å². The summed E-state index contributed by atoms with van der Waals surface area (Å²) in [5.41, 5.74) is 1.10. The number of hydrogen-bond donors (Lipinski definition) is 3. The van der Waals surface area contributed by atoms with Crippen molar-refractivity contribution in [2.24, 2.45) is 4.99 Å². The molecule has 0 saturated heterocycles. The molecule has 1 aromatic heterocycles. The van der Waals surface area contributed by atoms with Crippen LogP contribution in [0, 0.1) is 0 Å². The summed E-state index contributed by atoms with van der Waals surface area (Å²) in [7, 11) is 1.56. The largest absolute Gasteiger partial charge is 0.504 e. The molecule has 0 spiro atoms. The minimum atomic E-state index is 0.163. The van der Waals surface area contributed by atoms with Gasteiger partial charge in [-0.2, -0.15) is 0 Å². The van der Waals surface area contributed by atoms with Crippen LogP contribution in [-0.2, 0) is 19.4 Å². The Labute approximate surface area is 153 Å². The first-order chi connectivity index (χ1) is 12.2. The van der Waals surface area contributed by atoms with E-state index in [2.05, 4.69) is 41.6 Å². The summed E-state index contributed by atoms with van der Waals surface area (Å²) >= 11 is 1.82. The molecule has 0 bridgehead atoms. The SMILES string of the molecule is CCNC(=NCc1ccc(CC)s1)NCCc1ccc(O)c(OC)c1. The number of rotatable bonds is 8. The summed E-state index contributed by atoms with van der Waals surface area (Å²) in [5.74, 6) is 1.48. The Hall–Kier alpha value is -2.21. The van der Waals surface area contributed by atoms with Gasteiger partial charge in [0.15, 0.2) is 17.5 Å². The zero-order valence-electron chi connectivity index (χ0n) is 15.1. The summed E-state index contributed by atoms with van der Waals surface area (Å²) in [6, 6.07) is 9.75. The van der Waals surface area contributed by atoms with Crippen LogP contribution in [0.1, 0.15) is 29.2 Å². The lowest BCUT2D eigenvalue weighted by molar-refractivity contribution is 0.373. The Morgan fingerprint density at radius 1 is 1.16 bits per heavy atom. The number of aliphatic imine (C=N–C) groups is 1. The summed E-state index contributed by atoms with van der Waals surface area (Å²) in [6.45, 7) is 6.49. The maximum Gasteiger partial charge on any atom is 0.191 e. The second kappa shape index (κ2) is 9.93. The molecule has 2 rings (SSSR count). The molecule has 5 nitrogen and oxygen atoms in total. The van der Waals surface area contributed by atoms with Gasteiger partial charge in [-0.25, -0.2) is 4.99 Å². The molecule has 0 aliphatic rings. The predicted octanol–water partition coefficient (Wildman–Crippen LogP) is 3.32. The molecule has 0 saturated carbocycles. The van der Waals surface area contributed by atoms with Crippen LogP contribution in [-0.4, -0.2) is 31.3 Å². The van der Waals surface area contributed by atoms with E-state index in [9.17, 15) is 5.11 Å². The number of aryl methyl sites for hydroxylation is 1. The molecule has 0 aliphatic carbocycles. The van der Waals surface area contributed by atoms with E-state index >= 15 is 0 Å². The van der Waals surface area contributed by atoms with E-state index < -0.39 is 0 Å².